The molecule has 2 atom stereocenters. The van der Waals surface area contributed by atoms with Crippen LogP contribution in [0.15, 0.2) is 23.1 Å². The Labute approximate surface area is 157 Å². The Morgan fingerprint density at radius 3 is 2.58 bits per heavy atom. The summed E-state index contributed by atoms with van der Waals surface area (Å²) in [6.07, 6.45) is 6.47. The van der Waals surface area contributed by atoms with Gasteiger partial charge < -0.3 is 4.90 Å². The van der Waals surface area contributed by atoms with Crippen molar-refractivity contribution in [2.24, 2.45) is 11.8 Å². The normalized spacial score (nSPS) is 23.5. The molecule has 1 heterocycles. The van der Waals surface area contributed by atoms with Gasteiger partial charge in [0.2, 0.25) is 15.9 Å². The molecule has 0 unspecified atom stereocenters. The van der Waals surface area contributed by atoms with Gasteiger partial charge in [0.1, 0.15) is 0 Å². The van der Waals surface area contributed by atoms with Crippen molar-refractivity contribution in [3.05, 3.63) is 29.3 Å². The van der Waals surface area contributed by atoms with Gasteiger partial charge in [0, 0.05) is 26.1 Å². The number of amides is 1. The number of nitrogens with zero attached hydrogens (tertiary/aromatic N) is 1. The highest BCUT2D eigenvalue weighted by molar-refractivity contribution is 7.89. The number of hydrogen-bond donors (Lipinski definition) is 1. The Kier molecular flexibility index (Phi) is 6.03. The van der Waals surface area contributed by atoms with Crippen LogP contribution in [0, 0.1) is 25.7 Å². The number of likely N-dealkylation sites (tertiary alicyclic amines) is 1. The van der Waals surface area contributed by atoms with E-state index in [-0.39, 0.29) is 23.8 Å². The molecule has 144 valence electrons. The molecule has 1 amide bonds. The van der Waals surface area contributed by atoms with E-state index in [1.165, 1.54) is 25.7 Å². The highest BCUT2D eigenvalue weighted by Gasteiger charge is 2.32. The van der Waals surface area contributed by atoms with Crippen LogP contribution >= 0.6 is 0 Å². The molecule has 3 rings (SSSR count). The summed E-state index contributed by atoms with van der Waals surface area (Å²) in [5, 5.41) is 0. The van der Waals surface area contributed by atoms with Crippen molar-refractivity contribution in [1.82, 2.24) is 9.62 Å². The Morgan fingerprint density at radius 2 is 1.85 bits per heavy atom. The zero-order valence-corrected chi connectivity index (χ0v) is 16.6. The number of piperidine rings is 1. The monoisotopic (exact) mass is 378 g/mol. The van der Waals surface area contributed by atoms with E-state index < -0.39 is 10.0 Å². The Hall–Kier alpha value is -1.40. The van der Waals surface area contributed by atoms with Gasteiger partial charge >= 0.3 is 0 Å². The van der Waals surface area contributed by atoms with Crippen molar-refractivity contribution in [2.75, 3.05) is 19.6 Å². The third-order valence-corrected chi connectivity index (χ3v) is 7.52. The van der Waals surface area contributed by atoms with Crippen LogP contribution in [0.3, 0.4) is 0 Å². The van der Waals surface area contributed by atoms with E-state index in [1.54, 1.807) is 12.1 Å². The topological polar surface area (TPSA) is 66.5 Å². The van der Waals surface area contributed by atoms with Crippen LogP contribution in [0.5, 0.6) is 0 Å². The second-order valence-electron chi connectivity index (χ2n) is 7.83. The first-order valence-corrected chi connectivity index (χ1v) is 11.2. The Morgan fingerprint density at radius 1 is 1.12 bits per heavy atom. The molecule has 1 saturated carbocycles. The molecular formula is C20H30N2O3S. The minimum Gasteiger partial charge on any atom is -0.342 e. The van der Waals surface area contributed by atoms with Gasteiger partial charge in [0.25, 0.3) is 0 Å². The molecule has 0 radical (unpaired) electrons. The van der Waals surface area contributed by atoms with E-state index in [1.807, 2.05) is 24.8 Å². The number of sulfonamides is 1. The largest absolute Gasteiger partial charge is 0.342 e. The standard InChI is InChI=1S/C20H30N2O3S/c1-15-7-8-19(13-16(15)2)26(24,25)21-11-9-20(23)22-12-10-17-5-3-4-6-18(17)14-22/h7-8,13,17-18,21H,3-6,9-12,14H2,1-2H3/t17-,18-/m0/s1. The fourth-order valence-electron chi connectivity index (χ4n) is 4.24. The number of aryl methyl sites for hydroxylation is 2. The molecule has 0 bridgehead atoms. The van der Waals surface area contributed by atoms with Crippen molar-refractivity contribution < 1.29 is 13.2 Å². The van der Waals surface area contributed by atoms with E-state index in [0.717, 1.165) is 36.6 Å². The van der Waals surface area contributed by atoms with Gasteiger partial charge in [-0.25, -0.2) is 13.1 Å². The Bertz CT molecular complexity index is 760. The van der Waals surface area contributed by atoms with Gasteiger partial charge in [-0.05, 0) is 61.8 Å². The molecule has 5 nitrogen and oxygen atoms in total. The maximum absolute atomic E-state index is 12.5. The van der Waals surface area contributed by atoms with Gasteiger partial charge in [-0.2, -0.15) is 0 Å². The average Bonchev–Trinajstić information content (AvgIpc) is 2.63. The first-order chi connectivity index (χ1) is 12.4. The van der Waals surface area contributed by atoms with Gasteiger partial charge in [0.15, 0.2) is 0 Å². The molecule has 1 N–H and O–H groups in total. The number of nitrogens with one attached hydrogen (secondary N) is 1. The van der Waals surface area contributed by atoms with Crippen molar-refractivity contribution in [1.29, 1.82) is 0 Å². The van der Waals surface area contributed by atoms with Gasteiger partial charge in [-0.3, -0.25) is 4.79 Å². The minimum atomic E-state index is -3.57. The first-order valence-electron chi connectivity index (χ1n) is 9.71. The first kappa shape index (κ1) is 19.4. The second kappa shape index (κ2) is 8.09. The fraction of sp³-hybridized carbons (Fsp3) is 0.650. The van der Waals surface area contributed by atoms with Crippen molar-refractivity contribution in [3.8, 4) is 0 Å². The van der Waals surface area contributed by atoms with E-state index >= 15 is 0 Å². The maximum atomic E-state index is 12.5. The summed E-state index contributed by atoms with van der Waals surface area (Å²) in [5.41, 5.74) is 2.00. The number of benzene rings is 1. The zero-order valence-electron chi connectivity index (χ0n) is 15.8. The number of carbonyl (C=O) groups excluding carboxylic acids is 1. The summed E-state index contributed by atoms with van der Waals surface area (Å²) in [6.45, 7) is 5.68. The minimum absolute atomic E-state index is 0.0665. The quantitative estimate of drug-likeness (QED) is 0.856. The van der Waals surface area contributed by atoms with E-state index in [4.69, 9.17) is 0 Å². The van der Waals surface area contributed by atoms with Crippen LogP contribution in [0.4, 0.5) is 0 Å². The van der Waals surface area contributed by atoms with Crippen LogP contribution in [-0.2, 0) is 14.8 Å². The summed E-state index contributed by atoms with van der Waals surface area (Å²) in [7, 11) is -3.57. The zero-order chi connectivity index (χ0) is 18.7. The van der Waals surface area contributed by atoms with Crippen molar-refractivity contribution >= 4 is 15.9 Å². The molecule has 2 aliphatic rings. The second-order valence-corrected chi connectivity index (χ2v) is 9.59. The molecule has 0 spiro atoms. The lowest BCUT2D eigenvalue weighted by Crippen LogP contribution is -2.45. The van der Waals surface area contributed by atoms with E-state index in [0.29, 0.717) is 5.92 Å². The molecule has 6 heteroatoms. The molecule has 2 fully saturated rings. The lowest BCUT2D eigenvalue weighted by molar-refractivity contribution is -0.134. The molecule has 1 aromatic carbocycles. The highest BCUT2D eigenvalue weighted by atomic mass is 32.2. The number of hydrogen-bond acceptors (Lipinski definition) is 3. The van der Waals surface area contributed by atoms with Crippen LogP contribution < -0.4 is 4.72 Å². The summed E-state index contributed by atoms with van der Waals surface area (Å²) in [4.78, 5) is 14.7. The van der Waals surface area contributed by atoms with Gasteiger partial charge in [0.05, 0.1) is 4.90 Å². The number of carbonyl (C=O) groups is 1. The van der Waals surface area contributed by atoms with E-state index in [9.17, 15) is 13.2 Å². The van der Waals surface area contributed by atoms with Crippen LogP contribution in [-0.4, -0.2) is 38.9 Å². The Balaban J connectivity index is 1.50. The molecule has 26 heavy (non-hydrogen) atoms. The maximum Gasteiger partial charge on any atom is 0.240 e. The summed E-state index contributed by atoms with van der Waals surface area (Å²) >= 11 is 0. The number of rotatable bonds is 5. The van der Waals surface area contributed by atoms with Crippen LogP contribution in [0.1, 0.15) is 49.7 Å². The lowest BCUT2D eigenvalue weighted by atomic mass is 9.75. The summed E-state index contributed by atoms with van der Waals surface area (Å²) in [6, 6.07) is 5.09. The van der Waals surface area contributed by atoms with Gasteiger partial charge in [-0.1, -0.05) is 25.3 Å². The molecular weight excluding hydrogens is 348 g/mol. The third-order valence-electron chi connectivity index (χ3n) is 6.06. The average molecular weight is 379 g/mol. The molecule has 1 saturated heterocycles. The van der Waals surface area contributed by atoms with Crippen molar-refractivity contribution in [2.45, 2.75) is 57.3 Å². The predicted molar refractivity (Wildman–Crippen MR) is 102 cm³/mol. The highest BCUT2D eigenvalue weighted by Crippen LogP contribution is 2.36. The molecule has 1 aliphatic carbocycles. The number of fused-ring (bicyclic) bond motifs is 1. The molecule has 1 aromatic rings. The van der Waals surface area contributed by atoms with Crippen molar-refractivity contribution in [3.63, 3.8) is 0 Å². The van der Waals surface area contributed by atoms with Gasteiger partial charge in [-0.15, -0.1) is 0 Å². The third kappa shape index (κ3) is 4.46. The van der Waals surface area contributed by atoms with Crippen LogP contribution in [0.2, 0.25) is 0 Å². The molecule has 1 aliphatic heterocycles. The fourth-order valence-corrected chi connectivity index (χ4v) is 5.36. The van der Waals surface area contributed by atoms with Crippen LogP contribution in [0.25, 0.3) is 0 Å². The predicted octanol–water partition coefficient (Wildman–Crippen LogP) is 3.01. The smallest absolute Gasteiger partial charge is 0.240 e. The van der Waals surface area contributed by atoms with E-state index in [2.05, 4.69) is 4.72 Å². The summed E-state index contributed by atoms with van der Waals surface area (Å²) in [5.74, 6) is 1.50. The molecule has 0 aromatic heterocycles. The SMILES string of the molecule is Cc1ccc(S(=O)(=O)NCCC(=O)N2CC[C@@H]3CCCC[C@H]3C2)cc1C. The summed E-state index contributed by atoms with van der Waals surface area (Å²) < 4.78 is 27.4. The lowest BCUT2D eigenvalue weighted by Gasteiger charge is -2.41.